The molecule has 0 heterocycles. The number of carbonyl (C=O) groups excluding carboxylic acids is 1. The third-order valence-electron chi connectivity index (χ3n) is 1.51. The normalized spacial score (nSPS) is 9.92. The Morgan fingerprint density at radius 2 is 2.25 bits per heavy atom. The molecular weight excluding hydrogens is 283 g/mol. The lowest BCUT2D eigenvalue weighted by molar-refractivity contribution is -0.116. The van der Waals surface area contributed by atoms with Crippen molar-refractivity contribution in [3.05, 3.63) is 27.3 Å². The molecule has 0 amide bonds. The molecule has 1 rings (SSSR count). The fraction of sp³-hybridized carbons (Fsp3) is 0.222. The first kappa shape index (κ1) is 10.1. The van der Waals surface area contributed by atoms with E-state index in [1.165, 1.54) is 0 Å². The molecule has 0 fully saturated rings. The SMILES string of the molecule is CC(=O)Cc1cccc(I)c1S. The van der Waals surface area contributed by atoms with Crippen LogP contribution in [0.25, 0.3) is 0 Å². The van der Waals surface area contributed by atoms with Crippen molar-refractivity contribution in [1.29, 1.82) is 0 Å². The second-order valence-electron chi connectivity index (χ2n) is 2.63. The third kappa shape index (κ3) is 2.48. The van der Waals surface area contributed by atoms with Gasteiger partial charge in [-0.2, -0.15) is 0 Å². The maximum Gasteiger partial charge on any atom is 0.134 e. The predicted octanol–water partition coefficient (Wildman–Crippen LogP) is 2.71. The number of hydrogen-bond donors (Lipinski definition) is 1. The Bertz CT molecular complexity index is 309. The monoisotopic (exact) mass is 292 g/mol. The van der Waals surface area contributed by atoms with Crippen LogP contribution in [-0.4, -0.2) is 5.78 Å². The minimum absolute atomic E-state index is 0.173. The van der Waals surface area contributed by atoms with Gasteiger partial charge in [0.05, 0.1) is 0 Å². The van der Waals surface area contributed by atoms with Gasteiger partial charge in [-0.25, -0.2) is 0 Å². The van der Waals surface area contributed by atoms with Gasteiger partial charge < -0.3 is 0 Å². The lowest BCUT2D eigenvalue weighted by Gasteiger charge is -2.03. The molecule has 0 unspecified atom stereocenters. The van der Waals surface area contributed by atoms with E-state index in [-0.39, 0.29) is 5.78 Å². The first-order valence-corrected chi connectivity index (χ1v) is 5.09. The number of halogens is 1. The highest BCUT2D eigenvalue weighted by atomic mass is 127. The summed E-state index contributed by atoms with van der Waals surface area (Å²) in [7, 11) is 0. The summed E-state index contributed by atoms with van der Waals surface area (Å²) >= 11 is 6.54. The van der Waals surface area contributed by atoms with Gasteiger partial charge in [0, 0.05) is 14.9 Å². The molecule has 64 valence electrons. The minimum atomic E-state index is 0.173. The van der Waals surface area contributed by atoms with Crippen LogP contribution in [-0.2, 0) is 11.2 Å². The van der Waals surface area contributed by atoms with E-state index in [1.807, 2.05) is 18.2 Å². The highest BCUT2D eigenvalue weighted by Crippen LogP contribution is 2.21. The standard InChI is InChI=1S/C9H9IOS/c1-6(11)5-7-3-2-4-8(10)9(7)12/h2-4,12H,5H2,1H3. The van der Waals surface area contributed by atoms with Crippen molar-refractivity contribution in [3.8, 4) is 0 Å². The molecule has 0 spiro atoms. The zero-order valence-corrected chi connectivity index (χ0v) is 9.72. The van der Waals surface area contributed by atoms with Gasteiger partial charge in [0.1, 0.15) is 5.78 Å². The Balaban J connectivity index is 3.00. The molecule has 0 bridgehead atoms. The maximum atomic E-state index is 10.8. The van der Waals surface area contributed by atoms with Crippen LogP contribution in [0.5, 0.6) is 0 Å². The van der Waals surface area contributed by atoms with Gasteiger partial charge in [-0.1, -0.05) is 12.1 Å². The van der Waals surface area contributed by atoms with Crippen LogP contribution in [0.1, 0.15) is 12.5 Å². The molecule has 3 heteroatoms. The molecule has 0 aliphatic carbocycles. The van der Waals surface area contributed by atoms with Crippen LogP contribution in [0.4, 0.5) is 0 Å². The average molecular weight is 292 g/mol. The molecule has 12 heavy (non-hydrogen) atoms. The predicted molar refractivity (Wildman–Crippen MR) is 60.8 cm³/mol. The topological polar surface area (TPSA) is 17.1 Å². The molecule has 0 atom stereocenters. The Morgan fingerprint density at radius 3 is 2.83 bits per heavy atom. The van der Waals surface area contributed by atoms with E-state index in [9.17, 15) is 4.79 Å². The van der Waals surface area contributed by atoms with Gasteiger partial charge in [-0.15, -0.1) is 12.6 Å². The molecule has 0 saturated carbocycles. The summed E-state index contributed by atoms with van der Waals surface area (Å²) in [6.07, 6.45) is 0.482. The fourth-order valence-electron chi connectivity index (χ4n) is 0.971. The van der Waals surface area contributed by atoms with Gasteiger partial charge >= 0.3 is 0 Å². The van der Waals surface area contributed by atoms with Crippen LogP contribution in [0.3, 0.4) is 0 Å². The summed E-state index contributed by atoms with van der Waals surface area (Å²) in [6, 6.07) is 5.86. The average Bonchev–Trinajstić information content (AvgIpc) is 1.98. The zero-order chi connectivity index (χ0) is 9.14. The summed E-state index contributed by atoms with van der Waals surface area (Å²) < 4.78 is 1.09. The van der Waals surface area contributed by atoms with Crippen LogP contribution in [0.2, 0.25) is 0 Å². The van der Waals surface area contributed by atoms with Gasteiger partial charge in [0.2, 0.25) is 0 Å². The Labute approximate surface area is 91.1 Å². The van der Waals surface area contributed by atoms with E-state index >= 15 is 0 Å². The first-order chi connectivity index (χ1) is 5.61. The van der Waals surface area contributed by atoms with E-state index in [0.29, 0.717) is 6.42 Å². The van der Waals surface area contributed by atoms with Gasteiger partial charge in [-0.05, 0) is 41.1 Å². The Hall–Kier alpha value is -0.0300. The molecule has 1 aromatic rings. The Kier molecular flexibility index (Phi) is 3.58. The largest absolute Gasteiger partial charge is 0.300 e. The third-order valence-corrected chi connectivity index (χ3v) is 3.36. The number of hydrogen-bond acceptors (Lipinski definition) is 2. The lowest BCUT2D eigenvalue weighted by atomic mass is 10.1. The molecule has 1 aromatic carbocycles. The number of benzene rings is 1. The van der Waals surface area contributed by atoms with Gasteiger partial charge in [0.25, 0.3) is 0 Å². The molecule has 0 aliphatic rings. The molecule has 0 radical (unpaired) electrons. The molecule has 0 aliphatic heterocycles. The van der Waals surface area contributed by atoms with Crippen molar-refractivity contribution >= 4 is 41.0 Å². The van der Waals surface area contributed by atoms with Crippen LogP contribution >= 0.6 is 35.2 Å². The number of carbonyl (C=O) groups is 1. The quantitative estimate of drug-likeness (QED) is 0.655. The van der Waals surface area contributed by atoms with Crippen molar-refractivity contribution < 1.29 is 4.79 Å². The van der Waals surface area contributed by atoms with E-state index in [4.69, 9.17) is 0 Å². The fourth-order valence-corrected chi connectivity index (χ4v) is 1.75. The van der Waals surface area contributed by atoms with E-state index in [1.54, 1.807) is 6.92 Å². The maximum absolute atomic E-state index is 10.8. The highest BCUT2D eigenvalue weighted by Gasteiger charge is 2.03. The number of Topliss-reactive ketones (excluding diaryl/α,β-unsaturated/α-hetero) is 1. The van der Waals surface area contributed by atoms with Crippen molar-refractivity contribution in [2.45, 2.75) is 18.2 Å². The van der Waals surface area contributed by atoms with Gasteiger partial charge in [0.15, 0.2) is 0 Å². The Morgan fingerprint density at radius 1 is 1.58 bits per heavy atom. The van der Waals surface area contributed by atoms with Gasteiger partial charge in [-0.3, -0.25) is 4.79 Å². The molecule has 0 saturated heterocycles. The van der Waals surface area contributed by atoms with Crippen molar-refractivity contribution in [2.75, 3.05) is 0 Å². The van der Waals surface area contributed by atoms with Crippen LogP contribution in [0, 0.1) is 3.57 Å². The molecule has 1 nitrogen and oxygen atoms in total. The summed E-state index contributed by atoms with van der Waals surface area (Å²) in [5, 5.41) is 0. The summed E-state index contributed by atoms with van der Waals surface area (Å²) in [5.74, 6) is 0.173. The minimum Gasteiger partial charge on any atom is -0.300 e. The first-order valence-electron chi connectivity index (χ1n) is 3.57. The van der Waals surface area contributed by atoms with E-state index in [0.717, 1.165) is 14.0 Å². The zero-order valence-electron chi connectivity index (χ0n) is 6.67. The number of ketones is 1. The molecule has 0 N–H and O–H groups in total. The summed E-state index contributed by atoms with van der Waals surface area (Å²) in [5.41, 5.74) is 1.01. The second kappa shape index (κ2) is 4.28. The van der Waals surface area contributed by atoms with Crippen LogP contribution in [0.15, 0.2) is 23.1 Å². The highest BCUT2D eigenvalue weighted by molar-refractivity contribution is 14.1. The second-order valence-corrected chi connectivity index (χ2v) is 4.24. The summed E-state index contributed by atoms with van der Waals surface area (Å²) in [4.78, 5) is 11.8. The van der Waals surface area contributed by atoms with Crippen molar-refractivity contribution in [1.82, 2.24) is 0 Å². The smallest absolute Gasteiger partial charge is 0.134 e. The van der Waals surface area contributed by atoms with Crippen molar-refractivity contribution in [3.63, 3.8) is 0 Å². The van der Waals surface area contributed by atoms with Crippen molar-refractivity contribution in [2.24, 2.45) is 0 Å². The molecular formula is C9H9IOS. The molecule has 0 aromatic heterocycles. The van der Waals surface area contributed by atoms with E-state index in [2.05, 4.69) is 35.2 Å². The number of thiol groups is 1. The summed E-state index contributed by atoms with van der Waals surface area (Å²) in [6.45, 7) is 1.59. The van der Waals surface area contributed by atoms with Crippen LogP contribution < -0.4 is 0 Å². The van der Waals surface area contributed by atoms with E-state index < -0.39 is 0 Å². The number of rotatable bonds is 2. The lowest BCUT2D eigenvalue weighted by Crippen LogP contribution is -1.98.